The fraction of sp³-hybridized carbons (Fsp3) is 0.391. The van der Waals surface area contributed by atoms with Crippen molar-refractivity contribution in [3.63, 3.8) is 0 Å². The maximum Gasteiger partial charge on any atom is 0.323 e. The molecule has 2 N–H and O–H groups in total. The summed E-state index contributed by atoms with van der Waals surface area (Å²) in [6, 6.07) is 11.7. The van der Waals surface area contributed by atoms with Crippen LogP contribution in [0.4, 0.5) is 0 Å². The quantitative estimate of drug-likeness (QED) is 0.427. The molecule has 30 heavy (non-hydrogen) atoms. The minimum atomic E-state index is -1.06. The minimum absolute atomic E-state index is 0.414. The number of imidazole rings is 1. The van der Waals surface area contributed by atoms with Crippen molar-refractivity contribution < 1.29 is 9.90 Å². The molecule has 1 aromatic carbocycles. The van der Waals surface area contributed by atoms with E-state index in [1.165, 1.54) is 0 Å². The lowest BCUT2D eigenvalue weighted by Gasteiger charge is -2.26. The van der Waals surface area contributed by atoms with Crippen molar-refractivity contribution >= 4 is 28.9 Å². The molecule has 3 rings (SSSR count). The van der Waals surface area contributed by atoms with E-state index in [1.807, 2.05) is 48.0 Å². The van der Waals surface area contributed by atoms with E-state index in [0.29, 0.717) is 19.5 Å². The van der Waals surface area contributed by atoms with E-state index in [2.05, 4.69) is 21.8 Å². The highest BCUT2D eigenvalue weighted by Gasteiger charge is 2.33. The Bertz CT molecular complexity index is 971. The average Bonchev–Trinajstić information content (AvgIpc) is 3.36. The van der Waals surface area contributed by atoms with Crippen LogP contribution in [0, 0.1) is 0 Å². The third-order valence-electron chi connectivity index (χ3n) is 5.30. The van der Waals surface area contributed by atoms with E-state index in [1.54, 1.807) is 18.3 Å². The normalized spacial score (nSPS) is 13.3. The molecule has 0 fully saturated rings. The number of aryl methyl sites for hydroxylation is 1. The van der Waals surface area contributed by atoms with Crippen molar-refractivity contribution in [2.45, 2.75) is 58.2 Å². The number of carbonyl (C=O) groups is 1. The Morgan fingerprint density at radius 2 is 2.10 bits per heavy atom. The highest BCUT2D eigenvalue weighted by Crippen LogP contribution is 2.21. The van der Waals surface area contributed by atoms with E-state index in [9.17, 15) is 9.90 Å². The van der Waals surface area contributed by atoms with Crippen LogP contribution in [0.25, 0.3) is 0 Å². The molecule has 0 aliphatic rings. The predicted molar refractivity (Wildman–Crippen MR) is 122 cm³/mol. The van der Waals surface area contributed by atoms with Crippen LogP contribution < -0.4 is 5.32 Å². The monoisotopic (exact) mass is 445 g/mol. The fourth-order valence-electron chi connectivity index (χ4n) is 3.38. The molecule has 3 aromatic rings. The third kappa shape index (κ3) is 5.50. The number of thiophene rings is 1. The van der Waals surface area contributed by atoms with Gasteiger partial charge in [-0.25, -0.2) is 4.98 Å². The highest BCUT2D eigenvalue weighted by molar-refractivity contribution is 7.09. The molecule has 0 bridgehead atoms. The second kappa shape index (κ2) is 10.2. The largest absolute Gasteiger partial charge is 0.480 e. The molecule has 0 spiro atoms. The number of benzene rings is 1. The first-order valence-electron chi connectivity index (χ1n) is 10.2. The molecule has 0 aliphatic heterocycles. The molecule has 0 unspecified atom stereocenters. The first-order chi connectivity index (χ1) is 14.4. The Morgan fingerprint density at radius 1 is 1.30 bits per heavy atom. The van der Waals surface area contributed by atoms with Gasteiger partial charge in [0.1, 0.15) is 11.4 Å². The van der Waals surface area contributed by atoms with E-state index < -0.39 is 11.5 Å². The molecular weight excluding hydrogens is 418 g/mol. The number of carboxylic acid groups (broad SMARTS) is 1. The third-order valence-corrected chi connectivity index (χ3v) is 6.55. The summed E-state index contributed by atoms with van der Waals surface area (Å²) in [5.41, 5.74) is 0.920. The highest BCUT2D eigenvalue weighted by atomic mass is 35.5. The van der Waals surface area contributed by atoms with Gasteiger partial charge in [-0.2, -0.15) is 0 Å². The summed E-state index contributed by atoms with van der Waals surface area (Å²) in [5.74, 6) is 0.142. The van der Waals surface area contributed by atoms with Crippen LogP contribution >= 0.6 is 22.9 Å². The number of halogens is 1. The van der Waals surface area contributed by atoms with Gasteiger partial charge in [-0.3, -0.25) is 10.1 Å². The maximum atomic E-state index is 12.0. The first kappa shape index (κ1) is 22.5. The average molecular weight is 446 g/mol. The molecule has 0 amide bonds. The second-order valence-electron chi connectivity index (χ2n) is 7.69. The zero-order valence-corrected chi connectivity index (χ0v) is 19.0. The van der Waals surface area contributed by atoms with E-state index in [4.69, 9.17) is 11.6 Å². The van der Waals surface area contributed by atoms with Gasteiger partial charge in [-0.1, -0.05) is 49.2 Å². The zero-order valence-electron chi connectivity index (χ0n) is 17.4. The van der Waals surface area contributed by atoms with Crippen LogP contribution in [-0.2, 0) is 30.7 Å². The molecule has 2 aromatic heterocycles. The molecule has 2 heterocycles. The molecule has 0 saturated carbocycles. The van der Waals surface area contributed by atoms with Crippen molar-refractivity contribution in [3.8, 4) is 0 Å². The van der Waals surface area contributed by atoms with Gasteiger partial charge in [0.15, 0.2) is 0 Å². The Balaban J connectivity index is 1.82. The van der Waals surface area contributed by atoms with Crippen LogP contribution in [0.2, 0.25) is 5.02 Å². The lowest BCUT2D eigenvalue weighted by molar-refractivity contribution is -0.144. The summed E-state index contributed by atoms with van der Waals surface area (Å²) in [4.78, 5) is 17.7. The Kier molecular flexibility index (Phi) is 7.69. The molecule has 0 aliphatic carbocycles. The maximum absolute atomic E-state index is 12.0. The van der Waals surface area contributed by atoms with Gasteiger partial charge >= 0.3 is 5.97 Å². The van der Waals surface area contributed by atoms with Crippen molar-refractivity contribution in [1.29, 1.82) is 0 Å². The second-order valence-corrected chi connectivity index (χ2v) is 9.13. The molecule has 5 nitrogen and oxygen atoms in total. The number of hydrogen-bond donors (Lipinski definition) is 2. The topological polar surface area (TPSA) is 67.2 Å². The van der Waals surface area contributed by atoms with E-state index in [0.717, 1.165) is 46.2 Å². The summed E-state index contributed by atoms with van der Waals surface area (Å²) in [6.07, 6.45) is 5.30. The Hall–Kier alpha value is -2.15. The minimum Gasteiger partial charge on any atom is -0.480 e. The number of aliphatic carboxylic acids is 1. The Morgan fingerprint density at radius 3 is 2.77 bits per heavy atom. The first-order valence-corrected chi connectivity index (χ1v) is 11.5. The number of nitrogens with one attached hydrogen (secondary N) is 1. The molecule has 1 atom stereocenters. The van der Waals surface area contributed by atoms with Crippen LogP contribution in [0.3, 0.4) is 0 Å². The molecule has 0 saturated heterocycles. The van der Waals surface area contributed by atoms with Gasteiger partial charge in [0.25, 0.3) is 0 Å². The summed E-state index contributed by atoms with van der Waals surface area (Å²) in [6.45, 7) is 4.93. The van der Waals surface area contributed by atoms with Crippen LogP contribution in [0.5, 0.6) is 0 Å². The number of hydrogen-bond acceptors (Lipinski definition) is 4. The van der Waals surface area contributed by atoms with Gasteiger partial charge in [0, 0.05) is 35.5 Å². The molecular formula is C23H28ClN3O2S. The fourth-order valence-corrected chi connectivity index (χ4v) is 4.44. The molecule has 0 radical (unpaired) electrons. The van der Waals surface area contributed by atoms with Gasteiger partial charge in [0.2, 0.25) is 0 Å². The van der Waals surface area contributed by atoms with Crippen molar-refractivity contribution in [1.82, 2.24) is 14.9 Å². The smallest absolute Gasteiger partial charge is 0.323 e. The van der Waals surface area contributed by atoms with Crippen LogP contribution in [0.1, 0.15) is 48.6 Å². The van der Waals surface area contributed by atoms with Gasteiger partial charge < -0.3 is 9.67 Å². The molecule has 160 valence electrons. The zero-order chi connectivity index (χ0) is 21.6. The number of rotatable bonds is 11. The summed E-state index contributed by atoms with van der Waals surface area (Å²) < 4.78 is 2.16. The van der Waals surface area contributed by atoms with Gasteiger partial charge in [-0.05, 0) is 36.4 Å². The van der Waals surface area contributed by atoms with Crippen molar-refractivity contribution in [3.05, 3.63) is 75.0 Å². The van der Waals surface area contributed by atoms with Crippen molar-refractivity contribution in [2.24, 2.45) is 0 Å². The standard InChI is InChI=1S/C23H28ClN3O2S/c1-3-4-11-21-25-14-18(27(21)16-17-8-5-6-10-20(17)24)15-26-23(2,22(28)29)13-19-9-7-12-30-19/h5-10,12,14,26H,3-4,11,13,15-16H2,1-2H3,(H,28,29)/t23-/m0/s1. The summed E-state index contributed by atoms with van der Waals surface area (Å²) >= 11 is 7.97. The summed E-state index contributed by atoms with van der Waals surface area (Å²) in [5, 5.41) is 15.8. The number of nitrogens with zero attached hydrogens (tertiary/aromatic N) is 2. The number of aromatic nitrogens is 2. The predicted octanol–water partition coefficient (Wildman–Crippen LogP) is 5.16. The van der Waals surface area contributed by atoms with Gasteiger partial charge in [0.05, 0.1) is 12.2 Å². The van der Waals surface area contributed by atoms with E-state index in [-0.39, 0.29) is 0 Å². The number of carboxylic acids is 1. The summed E-state index contributed by atoms with van der Waals surface area (Å²) in [7, 11) is 0. The molecule has 7 heteroatoms. The lowest BCUT2D eigenvalue weighted by Crippen LogP contribution is -2.51. The lowest BCUT2D eigenvalue weighted by atomic mass is 9.97. The Labute approximate surface area is 186 Å². The van der Waals surface area contributed by atoms with Crippen molar-refractivity contribution in [2.75, 3.05) is 0 Å². The van der Waals surface area contributed by atoms with Crippen LogP contribution in [0.15, 0.2) is 48.0 Å². The van der Waals surface area contributed by atoms with Gasteiger partial charge in [-0.15, -0.1) is 11.3 Å². The van der Waals surface area contributed by atoms with E-state index >= 15 is 0 Å². The van der Waals surface area contributed by atoms with Crippen LogP contribution in [-0.4, -0.2) is 26.2 Å². The SMILES string of the molecule is CCCCc1ncc(CN[C@@](C)(Cc2cccs2)C(=O)O)n1Cc1ccccc1Cl. The number of unbranched alkanes of at least 4 members (excludes halogenated alkanes) is 1.